The Morgan fingerprint density at radius 2 is 2.33 bits per heavy atom. The van der Waals surface area contributed by atoms with Crippen molar-refractivity contribution in [2.75, 3.05) is 13.2 Å². The molecule has 8 nitrogen and oxygen atoms in total. The fraction of sp³-hybridized carbons (Fsp3) is 0.462. The van der Waals surface area contributed by atoms with Crippen LogP contribution in [-0.2, 0) is 13.1 Å². The zero-order chi connectivity index (χ0) is 15.0. The van der Waals surface area contributed by atoms with Gasteiger partial charge in [0.15, 0.2) is 5.82 Å². The summed E-state index contributed by atoms with van der Waals surface area (Å²) in [4.78, 5) is 21.0. The van der Waals surface area contributed by atoms with Gasteiger partial charge in [-0.15, -0.1) is 0 Å². The fourth-order valence-electron chi connectivity index (χ4n) is 2.39. The van der Waals surface area contributed by atoms with Crippen LogP contribution in [0.1, 0.15) is 33.8 Å². The first-order chi connectivity index (χ1) is 10.1. The van der Waals surface area contributed by atoms with E-state index >= 15 is 0 Å². The molecule has 1 atom stereocenters. The first kappa shape index (κ1) is 13.8. The van der Waals surface area contributed by atoms with Crippen LogP contribution in [0.25, 0.3) is 0 Å². The zero-order valence-corrected chi connectivity index (χ0v) is 11.7. The maximum Gasteiger partial charge on any atom is 0.290 e. The summed E-state index contributed by atoms with van der Waals surface area (Å²) in [5.74, 6) is 0.177. The molecule has 1 amide bonds. The average molecular weight is 291 g/mol. The van der Waals surface area contributed by atoms with Crippen LogP contribution in [0.3, 0.4) is 0 Å². The van der Waals surface area contributed by atoms with Crippen LogP contribution in [0, 0.1) is 6.92 Å². The summed E-state index contributed by atoms with van der Waals surface area (Å²) in [5, 5.41) is 22.8. The Kier molecular flexibility index (Phi) is 3.48. The van der Waals surface area contributed by atoms with Crippen LogP contribution >= 0.6 is 0 Å². The topological polar surface area (TPSA) is 107 Å². The molecule has 112 valence electrons. The lowest BCUT2D eigenvalue weighted by molar-refractivity contribution is 0.0693. The third kappa shape index (κ3) is 2.55. The number of aryl methyl sites for hydroxylation is 1. The molecule has 8 heteroatoms. The first-order valence-electron chi connectivity index (χ1n) is 6.75. The Labute approximate surface area is 121 Å². The summed E-state index contributed by atoms with van der Waals surface area (Å²) in [7, 11) is 0. The molecular weight excluding hydrogens is 274 g/mol. The van der Waals surface area contributed by atoms with Crippen molar-refractivity contribution >= 4 is 5.91 Å². The maximum absolute atomic E-state index is 12.3. The van der Waals surface area contributed by atoms with E-state index in [1.807, 2.05) is 6.92 Å². The number of aromatic amines is 1. The first-order valence-corrected chi connectivity index (χ1v) is 6.75. The van der Waals surface area contributed by atoms with Crippen LogP contribution in [-0.4, -0.2) is 53.9 Å². The van der Waals surface area contributed by atoms with Crippen molar-refractivity contribution < 1.29 is 15.0 Å². The van der Waals surface area contributed by atoms with Crippen molar-refractivity contribution in [1.82, 2.24) is 24.6 Å². The van der Waals surface area contributed by atoms with Crippen molar-refractivity contribution in [2.24, 2.45) is 0 Å². The lowest BCUT2D eigenvalue weighted by Crippen LogP contribution is -2.38. The summed E-state index contributed by atoms with van der Waals surface area (Å²) in [5.41, 5.74) is 2.10. The summed E-state index contributed by atoms with van der Waals surface area (Å²) >= 11 is 0. The highest BCUT2D eigenvalue weighted by molar-refractivity contribution is 5.90. The highest BCUT2D eigenvalue weighted by Gasteiger charge is 2.25. The monoisotopic (exact) mass is 291 g/mol. The number of aromatic nitrogens is 4. The van der Waals surface area contributed by atoms with Crippen LogP contribution in [0.4, 0.5) is 0 Å². The van der Waals surface area contributed by atoms with Crippen molar-refractivity contribution in [1.29, 1.82) is 0 Å². The van der Waals surface area contributed by atoms with Gasteiger partial charge in [0, 0.05) is 18.4 Å². The average Bonchev–Trinajstić information content (AvgIpc) is 3.10. The number of aliphatic hydroxyl groups is 2. The van der Waals surface area contributed by atoms with E-state index in [0.29, 0.717) is 31.2 Å². The number of hydrogen-bond donors (Lipinski definition) is 3. The van der Waals surface area contributed by atoms with Crippen LogP contribution in [0.5, 0.6) is 0 Å². The number of aliphatic hydroxyl groups excluding tert-OH is 2. The quantitative estimate of drug-likeness (QED) is 0.713. The second-order valence-corrected chi connectivity index (χ2v) is 5.12. The predicted molar refractivity (Wildman–Crippen MR) is 72.3 cm³/mol. The van der Waals surface area contributed by atoms with Gasteiger partial charge in [-0.05, 0) is 13.0 Å². The molecule has 0 unspecified atom stereocenters. The van der Waals surface area contributed by atoms with E-state index in [-0.39, 0.29) is 12.5 Å². The maximum atomic E-state index is 12.3. The number of fused-ring (bicyclic) bond motifs is 1. The molecule has 1 aliphatic heterocycles. The molecular formula is C13H17N5O3. The number of H-pyrrole nitrogens is 1. The SMILES string of the molecule is Cc1cnc(C(=O)N2CCn3nc([C@@H](O)CO)cc3C2)[nH]1. The van der Waals surface area contributed by atoms with E-state index in [4.69, 9.17) is 5.11 Å². The van der Waals surface area contributed by atoms with E-state index in [0.717, 1.165) is 11.4 Å². The third-order valence-corrected chi connectivity index (χ3v) is 3.52. The van der Waals surface area contributed by atoms with Crippen LogP contribution < -0.4 is 0 Å². The number of hydrogen-bond acceptors (Lipinski definition) is 5. The number of amides is 1. The summed E-state index contributed by atoms with van der Waals surface area (Å²) < 4.78 is 1.76. The van der Waals surface area contributed by atoms with Gasteiger partial charge in [0.25, 0.3) is 5.91 Å². The Morgan fingerprint density at radius 1 is 1.52 bits per heavy atom. The van der Waals surface area contributed by atoms with Crippen molar-refractivity contribution in [3.63, 3.8) is 0 Å². The normalized spacial score (nSPS) is 15.9. The van der Waals surface area contributed by atoms with Crippen molar-refractivity contribution in [2.45, 2.75) is 26.1 Å². The molecule has 3 N–H and O–H groups in total. The third-order valence-electron chi connectivity index (χ3n) is 3.52. The van der Waals surface area contributed by atoms with Gasteiger partial charge < -0.3 is 20.1 Å². The van der Waals surface area contributed by atoms with E-state index in [1.54, 1.807) is 21.8 Å². The predicted octanol–water partition coefficient (Wildman–Crippen LogP) is -0.404. The molecule has 1 aliphatic rings. The van der Waals surface area contributed by atoms with E-state index < -0.39 is 6.10 Å². The molecule has 0 aliphatic carbocycles. The fourth-order valence-corrected chi connectivity index (χ4v) is 2.39. The van der Waals surface area contributed by atoms with Gasteiger partial charge in [-0.2, -0.15) is 5.10 Å². The van der Waals surface area contributed by atoms with E-state index in [2.05, 4.69) is 15.1 Å². The molecule has 0 saturated carbocycles. The van der Waals surface area contributed by atoms with E-state index in [9.17, 15) is 9.90 Å². The largest absolute Gasteiger partial charge is 0.393 e. The summed E-state index contributed by atoms with van der Waals surface area (Å²) in [6, 6.07) is 1.72. The highest BCUT2D eigenvalue weighted by Crippen LogP contribution is 2.19. The minimum absolute atomic E-state index is 0.153. The van der Waals surface area contributed by atoms with Gasteiger partial charge in [0.1, 0.15) is 6.10 Å². The molecule has 0 spiro atoms. The molecule has 3 heterocycles. The Balaban J connectivity index is 1.78. The molecule has 2 aromatic rings. The summed E-state index contributed by atoms with van der Waals surface area (Å²) in [6.07, 6.45) is 0.636. The van der Waals surface area contributed by atoms with Gasteiger partial charge >= 0.3 is 0 Å². The summed E-state index contributed by atoms with van der Waals surface area (Å²) in [6.45, 7) is 2.97. The lowest BCUT2D eigenvalue weighted by Gasteiger charge is -2.26. The molecule has 2 aromatic heterocycles. The van der Waals surface area contributed by atoms with Crippen molar-refractivity contribution in [3.8, 4) is 0 Å². The highest BCUT2D eigenvalue weighted by atomic mass is 16.3. The Bertz CT molecular complexity index is 663. The van der Waals surface area contributed by atoms with Gasteiger partial charge in [-0.3, -0.25) is 9.48 Å². The molecule has 0 bridgehead atoms. The van der Waals surface area contributed by atoms with Crippen LogP contribution in [0.15, 0.2) is 12.3 Å². The molecule has 0 aromatic carbocycles. The molecule has 21 heavy (non-hydrogen) atoms. The zero-order valence-electron chi connectivity index (χ0n) is 11.7. The number of imidazole rings is 1. The second-order valence-electron chi connectivity index (χ2n) is 5.12. The number of nitrogens with one attached hydrogen (secondary N) is 1. The molecule has 0 fully saturated rings. The molecule has 0 saturated heterocycles. The Hall–Kier alpha value is -2.19. The minimum atomic E-state index is -0.986. The molecule has 3 rings (SSSR count). The number of carbonyl (C=O) groups excluding carboxylic acids is 1. The van der Waals surface area contributed by atoms with Gasteiger partial charge in [-0.25, -0.2) is 4.98 Å². The second kappa shape index (κ2) is 5.30. The minimum Gasteiger partial charge on any atom is -0.393 e. The van der Waals surface area contributed by atoms with Gasteiger partial charge in [-0.1, -0.05) is 0 Å². The van der Waals surface area contributed by atoms with Crippen LogP contribution in [0.2, 0.25) is 0 Å². The van der Waals surface area contributed by atoms with Gasteiger partial charge in [0.05, 0.1) is 31.1 Å². The number of rotatable bonds is 3. The van der Waals surface area contributed by atoms with E-state index in [1.165, 1.54) is 0 Å². The van der Waals surface area contributed by atoms with Crippen molar-refractivity contribution in [3.05, 3.63) is 35.2 Å². The molecule has 0 radical (unpaired) electrons. The Morgan fingerprint density at radius 3 is 3.00 bits per heavy atom. The standard InChI is InChI=1S/C13H17N5O3/c1-8-5-14-12(15-8)13(21)17-2-3-18-9(6-17)4-10(16-18)11(20)7-19/h4-5,11,19-20H,2-3,6-7H2,1H3,(H,14,15)/t11-/m0/s1. The smallest absolute Gasteiger partial charge is 0.290 e. The number of carbonyl (C=O) groups is 1. The van der Waals surface area contributed by atoms with Gasteiger partial charge in [0.2, 0.25) is 0 Å². The lowest BCUT2D eigenvalue weighted by atomic mass is 10.2. The number of nitrogens with zero attached hydrogens (tertiary/aromatic N) is 4.